The predicted molar refractivity (Wildman–Crippen MR) is 111 cm³/mol. The molecular weight excluding hydrogens is 310 g/mol. The second-order valence-electron chi connectivity index (χ2n) is 7.43. The van der Waals surface area contributed by atoms with Crippen molar-refractivity contribution in [2.45, 2.75) is 136 Å². The van der Waals surface area contributed by atoms with Crippen molar-refractivity contribution >= 4 is 5.97 Å². The van der Waals surface area contributed by atoms with Crippen LogP contribution in [-0.4, -0.2) is 17.1 Å². The fraction of sp³-hybridized carbons (Fsp3) is 0.955. The minimum Gasteiger partial charge on any atom is -0.481 e. The van der Waals surface area contributed by atoms with Gasteiger partial charge in [0.05, 0.1) is 0 Å². The molecule has 0 saturated heterocycles. The summed E-state index contributed by atoms with van der Waals surface area (Å²) in [6.45, 7) is 5.57. The Balaban J connectivity index is 0. The molecule has 0 bridgehead atoms. The van der Waals surface area contributed by atoms with E-state index >= 15 is 0 Å². The van der Waals surface area contributed by atoms with Gasteiger partial charge in [-0.15, -0.1) is 0 Å². The van der Waals surface area contributed by atoms with E-state index < -0.39 is 5.97 Å². The summed E-state index contributed by atoms with van der Waals surface area (Å²) >= 11 is 0. The van der Waals surface area contributed by atoms with Crippen LogP contribution in [0, 0.1) is 0 Å². The third kappa shape index (κ3) is 31.7. The molecule has 0 aromatic carbocycles. The Hall–Kier alpha value is -0.570. The highest BCUT2D eigenvalue weighted by Crippen LogP contribution is 2.14. The average molecular weight is 358 g/mol. The number of hydrogen-bond donors (Lipinski definition) is 2. The van der Waals surface area contributed by atoms with Crippen LogP contribution >= 0.6 is 0 Å². The van der Waals surface area contributed by atoms with Crippen LogP contribution in [0.2, 0.25) is 0 Å². The van der Waals surface area contributed by atoms with Crippen molar-refractivity contribution in [1.29, 1.82) is 0 Å². The first-order valence-electron chi connectivity index (χ1n) is 11.0. The van der Waals surface area contributed by atoms with Crippen molar-refractivity contribution in [2.24, 2.45) is 5.73 Å². The molecule has 3 N–H and O–H groups in total. The molecule has 0 aliphatic heterocycles. The maximum Gasteiger partial charge on any atom is 0.300 e. The lowest BCUT2D eigenvalue weighted by atomic mass is 10.0. The summed E-state index contributed by atoms with van der Waals surface area (Å²) in [5.41, 5.74) is 5.93. The van der Waals surface area contributed by atoms with Gasteiger partial charge in [0.25, 0.3) is 5.97 Å². The van der Waals surface area contributed by atoms with E-state index in [9.17, 15) is 0 Å². The van der Waals surface area contributed by atoms with Crippen LogP contribution in [0.1, 0.15) is 130 Å². The first kappa shape index (κ1) is 26.7. The Morgan fingerprint density at radius 1 is 0.720 bits per heavy atom. The predicted octanol–water partition coefficient (Wildman–Crippen LogP) is 7.08. The van der Waals surface area contributed by atoms with Crippen molar-refractivity contribution < 1.29 is 9.90 Å². The molecule has 0 saturated carbocycles. The molecule has 0 aliphatic carbocycles. The van der Waals surface area contributed by atoms with E-state index in [-0.39, 0.29) is 0 Å². The lowest BCUT2D eigenvalue weighted by Gasteiger charge is -2.07. The number of hydrogen-bond acceptors (Lipinski definition) is 2. The third-order valence-electron chi connectivity index (χ3n) is 4.70. The van der Waals surface area contributed by atoms with E-state index in [4.69, 9.17) is 15.6 Å². The number of aliphatic carboxylic acids is 1. The maximum absolute atomic E-state index is 9.00. The van der Waals surface area contributed by atoms with Gasteiger partial charge in [-0.05, 0) is 12.8 Å². The molecule has 0 amide bonds. The Morgan fingerprint density at radius 3 is 1.28 bits per heavy atom. The molecule has 3 heteroatoms. The van der Waals surface area contributed by atoms with Crippen LogP contribution < -0.4 is 5.73 Å². The number of unbranched alkanes of at least 4 members (excludes halogenated alkanes) is 14. The molecule has 0 radical (unpaired) electrons. The van der Waals surface area contributed by atoms with Gasteiger partial charge in [-0.3, -0.25) is 4.79 Å². The quantitative estimate of drug-likeness (QED) is 0.273. The van der Waals surface area contributed by atoms with Crippen LogP contribution in [0.3, 0.4) is 0 Å². The Bertz CT molecular complexity index is 252. The maximum atomic E-state index is 9.00. The number of nitrogens with two attached hydrogens (primary N) is 1. The zero-order chi connectivity index (χ0) is 19.2. The fourth-order valence-corrected chi connectivity index (χ4v) is 2.98. The highest BCUT2D eigenvalue weighted by atomic mass is 16.4. The van der Waals surface area contributed by atoms with Gasteiger partial charge in [-0.25, -0.2) is 0 Å². The minimum atomic E-state index is -0.833. The lowest BCUT2D eigenvalue weighted by molar-refractivity contribution is -0.134. The summed E-state index contributed by atoms with van der Waals surface area (Å²) in [5.74, 6) is -0.833. The summed E-state index contributed by atoms with van der Waals surface area (Å²) in [5, 5.41) is 7.42. The number of carboxylic acid groups (broad SMARTS) is 1. The summed E-state index contributed by atoms with van der Waals surface area (Å²) < 4.78 is 0. The molecule has 0 aliphatic rings. The van der Waals surface area contributed by atoms with Crippen LogP contribution in [0.4, 0.5) is 0 Å². The van der Waals surface area contributed by atoms with Crippen LogP contribution in [0.5, 0.6) is 0 Å². The van der Waals surface area contributed by atoms with Gasteiger partial charge in [-0.2, -0.15) is 0 Å². The van der Waals surface area contributed by atoms with E-state index in [1.54, 1.807) is 0 Å². The topological polar surface area (TPSA) is 63.3 Å². The van der Waals surface area contributed by atoms with Gasteiger partial charge in [0.1, 0.15) is 0 Å². The van der Waals surface area contributed by atoms with Gasteiger partial charge in [0.15, 0.2) is 0 Å². The van der Waals surface area contributed by atoms with E-state index in [0.717, 1.165) is 13.3 Å². The van der Waals surface area contributed by atoms with Crippen molar-refractivity contribution in [3.8, 4) is 0 Å². The van der Waals surface area contributed by atoms with Crippen LogP contribution in [0.15, 0.2) is 0 Å². The molecule has 0 rings (SSSR count). The molecule has 25 heavy (non-hydrogen) atoms. The van der Waals surface area contributed by atoms with Crippen LogP contribution in [-0.2, 0) is 4.79 Å². The standard InChI is InChI=1S/C20H43N.C2H4O2/c1-3-5-6-7-8-9-10-11-12-13-14-15-16-17-18-19-20(21)4-2;1-2(3)4/h20H,3-19,21H2,1-2H3;1H3,(H,3,4). The highest BCUT2D eigenvalue weighted by Gasteiger charge is 1.98. The molecule has 1 unspecified atom stereocenters. The molecule has 0 aromatic rings. The molecular formula is C22H47NO2. The van der Waals surface area contributed by atoms with Crippen molar-refractivity contribution in [1.82, 2.24) is 0 Å². The Morgan fingerprint density at radius 2 is 1.00 bits per heavy atom. The molecule has 152 valence electrons. The largest absolute Gasteiger partial charge is 0.481 e. The van der Waals surface area contributed by atoms with Gasteiger partial charge >= 0.3 is 0 Å². The van der Waals surface area contributed by atoms with E-state index in [1.165, 1.54) is 103 Å². The Labute approximate surface area is 158 Å². The molecule has 3 nitrogen and oxygen atoms in total. The van der Waals surface area contributed by atoms with Gasteiger partial charge in [0.2, 0.25) is 0 Å². The van der Waals surface area contributed by atoms with Crippen molar-refractivity contribution in [3.63, 3.8) is 0 Å². The zero-order valence-electron chi connectivity index (χ0n) is 17.5. The molecule has 0 fully saturated rings. The minimum absolute atomic E-state index is 0.451. The third-order valence-corrected chi connectivity index (χ3v) is 4.70. The fourth-order valence-electron chi connectivity index (χ4n) is 2.98. The average Bonchev–Trinajstić information content (AvgIpc) is 2.57. The summed E-state index contributed by atoms with van der Waals surface area (Å²) in [6, 6.07) is 0.451. The zero-order valence-corrected chi connectivity index (χ0v) is 17.5. The SMILES string of the molecule is CC(=O)O.CCCCCCCCCCCCCCCCCC(N)CC. The monoisotopic (exact) mass is 357 g/mol. The summed E-state index contributed by atoms with van der Waals surface area (Å²) in [6.07, 6.45) is 24.0. The molecule has 1 atom stereocenters. The van der Waals surface area contributed by atoms with E-state index in [0.29, 0.717) is 6.04 Å². The number of rotatable bonds is 17. The van der Waals surface area contributed by atoms with Crippen molar-refractivity contribution in [3.05, 3.63) is 0 Å². The van der Waals surface area contributed by atoms with Gasteiger partial charge in [-0.1, -0.05) is 110 Å². The summed E-state index contributed by atoms with van der Waals surface area (Å²) in [7, 11) is 0. The lowest BCUT2D eigenvalue weighted by Crippen LogP contribution is -2.17. The highest BCUT2D eigenvalue weighted by molar-refractivity contribution is 5.62. The smallest absolute Gasteiger partial charge is 0.300 e. The number of carbonyl (C=O) groups is 1. The van der Waals surface area contributed by atoms with Crippen LogP contribution in [0.25, 0.3) is 0 Å². The number of carboxylic acids is 1. The normalized spacial score (nSPS) is 11.7. The Kier molecular flexibility index (Phi) is 25.0. The van der Waals surface area contributed by atoms with E-state index in [1.807, 2.05) is 0 Å². The van der Waals surface area contributed by atoms with E-state index in [2.05, 4.69) is 13.8 Å². The second-order valence-corrected chi connectivity index (χ2v) is 7.43. The summed E-state index contributed by atoms with van der Waals surface area (Å²) in [4.78, 5) is 9.00. The second kappa shape index (κ2) is 23.4. The first-order chi connectivity index (χ1) is 12.0. The van der Waals surface area contributed by atoms with Crippen molar-refractivity contribution in [2.75, 3.05) is 0 Å². The molecule has 0 aromatic heterocycles. The first-order valence-corrected chi connectivity index (χ1v) is 11.0. The van der Waals surface area contributed by atoms with Gasteiger partial charge < -0.3 is 10.8 Å². The molecule has 0 spiro atoms. The molecule has 0 heterocycles. The van der Waals surface area contributed by atoms with Gasteiger partial charge in [0, 0.05) is 13.0 Å².